The number of H-pyrrole nitrogens is 2. The maximum Gasteiger partial charge on any atom is 0.320 e. The number of hydrogen-bond donors (Lipinski definition) is 5. The normalized spacial score (nSPS) is 22.1. The average Bonchev–Trinajstić information content (AvgIpc) is 3.16. The Morgan fingerprint density at radius 2 is 2.27 bits per heavy atom. The van der Waals surface area contributed by atoms with Gasteiger partial charge < -0.3 is 25.9 Å². The fourth-order valence-electron chi connectivity index (χ4n) is 3.17. The summed E-state index contributed by atoms with van der Waals surface area (Å²) in [5.41, 5.74) is 7.34. The van der Waals surface area contributed by atoms with E-state index in [1.807, 2.05) is 0 Å². The van der Waals surface area contributed by atoms with Crippen LogP contribution < -0.4 is 11.3 Å². The summed E-state index contributed by atoms with van der Waals surface area (Å²) in [6, 6.07) is -0.829. The molecule has 1 fully saturated rings. The summed E-state index contributed by atoms with van der Waals surface area (Å²) >= 11 is 1.62. The Morgan fingerprint density at radius 3 is 3.04 bits per heavy atom. The summed E-state index contributed by atoms with van der Waals surface area (Å²) in [7, 11) is 0. The Hall–Kier alpha value is -1.88. The minimum Gasteiger partial charge on any atom is -0.480 e. The van der Waals surface area contributed by atoms with E-state index in [0.29, 0.717) is 36.3 Å². The van der Waals surface area contributed by atoms with Crippen molar-refractivity contribution < 1.29 is 15.0 Å². The van der Waals surface area contributed by atoms with Gasteiger partial charge in [0.2, 0.25) is 0 Å². The first-order valence-corrected chi connectivity index (χ1v) is 9.61. The van der Waals surface area contributed by atoms with Crippen molar-refractivity contribution in [2.75, 3.05) is 24.6 Å². The van der Waals surface area contributed by atoms with Crippen LogP contribution in [0.25, 0.3) is 11.0 Å². The minimum absolute atomic E-state index is 0.127. The van der Waals surface area contributed by atoms with Gasteiger partial charge in [0.05, 0.1) is 17.9 Å². The number of hydrogen-bond acceptors (Lipinski definition) is 7. The van der Waals surface area contributed by atoms with Crippen LogP contribution in [-0.4, -0.2) is 72.8 Å². The van der Waals surface area contributed by atoms with Crippen molar-refractivity contribution in [1.82, 2.24) is 19.9 Å². The molecule has 0 unspecified atom stereocenters. The Kier molecular flexibility index (Phi) is 5.97. The third-order valence-corrected chi connectivity index (χ3v) is 5.83. The highest BCUT2D eigenvalue weighted by molar-refractivity contribution is 7.99. The number of aromatic nitrogens is 3. The summed E-state index contributed by atoms with van der Waals surface area (Å²) in [6.45, 7) is 1.92. The summed E-state index contributed by atoms with van der Waals surface area (Å²) in [5.74, 6) is 0.563. The third-order valence-electron chi connectivity index (χ3n) is 4.65. The van der Waals surface area contributed by atoms with Gasteiger partial charge in [-0.2, -0.15) is 11.8 Å². The predicted molar refractivity (Wildman–Crippen MR) is 99.0 cm³/mol. The molecule has 0 saturated carbocycles. The highest BCUT2D eigenvalue weighted by Gasteiger charge is 2.31. The van der Waals surface area contributed by atoms with E-state index in [-0.39, 0.29) is 11.5 Å². The number of carboxylic acids is 1. The van der Waals surface area contributed by atoms with Crippen molar-refractivity contribution in [3.8, 4) is 0 Å². The summed E-state index contributed by atoms with van der Waals surface area (Å²) in [6.07, 6.45) is 3.18. The number of likely N-dealkylation sites (tertiary alicyclic amines) is 1. The van der Waals surface area contributed by atoms with Crippen LogP contribution in [0.5, 0.6) is 0 Å². The molecule has 3 atom stereocenters. The van der Waals surface area contributed by atoms with Gasteiger partial charge in [-0.25, -0.2) is 4.98 Å². The molecule has 0 aromatic carbocycles. The lowest BCUT2D eigenvalue weighted by atomic mass is 10.1. The number of carboxylic acid groups (broad SMARTS) is 1. The SMILES string of the molecule is N[C@@H](CCSC[C@H]1CN(Cc2c[nH]c3c(=O)[nH]cnc23)C[C@@H]1O)C(=O)O. The average molecular weight is 381 g/mol. The van der Waals surface area contributed by atoms with Crippen molar-refractivity contribution in [3.63, 3.8) is 0 Å². The lowest BCUT2D eigenvalue weighted by molar-refractivity contribution is -0.138. The molecule has 1 aliphatic heterocycles. The minimum atomic E-state index is -0.983. The molecule has 0 radical (unpaired) electrons. The number of rotatable bonds is 8. The molecule has 0 bridgehead atoms. The van der Waals surface area contributed by atoms with Crippen LogP contribution in [0.4, 0.5) is 0 Å². The molecule has 2 aromatic heterocycles. The number of thioether (sulfide) groups is 1. The Labute approximate surface area is 154 Å². The molecule has 2 aromatic rings. The van der Waals surface area contributed by atoms with Crippen LogP contribution in [0.3, 0.4) is 0 Å². The smallest absolute Gasteiger partial charge is 0.320 e. The molecule has 1 saturated heterocycles. The van der Waals surface area contributed by atoms with Gasteiger partial charge in [0, 0.05) is 37.3 Å². The predicted octanol–water partition coefficient (Wildman–Crippen LogP) is -0.421. The number of aliphatic carboxylic acids is 1. The van der Waals surface area contributed by atoms with E-state index in [4.69, 9.17) is 10.8 Å². The van der Waals surface area contributed by atoms with Crippen molar-refractivity contribution in [2.45, 2.75) is 25.1 Å². The summed E-state index contributed by atoms with van der Waals surface area (Å²) in [4.78, 5) is 34.3. The van der Waals surface area contributed by atoms with Gasteiger partial charge in [0.25, 0.3) is 5.56 Å². The molecule has 10 heteroatoms. The topological polar surface area (TPSA) is 148 Å². The molecular formula is C16H23N5O4S. The van der Waals surface area contributed by atoms with Crippen LogP contribution >= 0.6 is 11.8 Å². The number of nitrogens with one attached hydrogen (secondary N) is 2. The van der Waals surface area contributed by atoms with Crippen molar-refractivity contribution >= 4 is 28.8 Å². The number of aliphatic hydroxyl groups excluding tert-OH is 1. The fraction of sp³-hybridized carbons (Fsp3) is 0.562. The Balaban J connectivity index is 1.51. The van der Waals surface area contributed by atoms with E-state index in [2.05, 4.69) is 19.9 Å². The molecule has 6 N–H and O–H groups in total. The van der Waals surface area contributed by atoms with Gasteiger partial charge in [-0.1, -0.05) is 0 Å². The van der Waals surface area contributed by atoms with Crippen LogP contribution in [0.15, 0.2) is 17.3 Å². The molecule has 9 nitrogen and oxygen atoms in total. The maximum atomic E-state index is 11.7. The van der Waals surface area contributed by atoms with Crippen molar-refractivity contribution in [3.05, 3.63) is 28.4 Å². The first-order chi connectivity index (χ1) is 12.5. The van der Waals surface area contributed by atoms with Gasteiger partial charge in [-0.15, -0.1) is 0 Å². The molecule has 0 spiro atoms. The first kappa shape index (κ1) is 18.9. The van der Waals surface area contributed by atoms with Gasteiger partial charge in [-0.05, 0) is 17.9 Å². The van der Waals surface area contributed by atoms with Gasteiger partial charge in [0.15, 0.2) is 0 Å². The zero-order valence-corrected chi connectivity index (χ0v) is 15.0. The molecule has 3 heterocycles. The monoisotopic (exact) mass is 381 g/mol. The second-order valence-corrected chi connectivity index (χ2v) is 7.75. The first-order valence-electron chi connectivity index (χ1n) is 8.46. The second kappa shape index (κ2) is 8.21. The third kappa shape index (κ3) is 4.26. The molecule has 3 rings (SSSR count). The van der Waals surface area contributed by atoms with E-state index in [1.54, 1.807) is 18.0 Å². The van der Waals surface area contributed by atoms with Gasteiger partial charge in [-0.3, -0.25) is 14.5 Å². The highest BCUT2D eigenvalue weighted by Crippen LogP contribution is 2.24. The maximum absolute atomic E-state index is 11.7. The molecule has 26 heavy (non-hydrogen) atoms. The zero-order valence-electron chi connectivity index (χ0n) is 14.2. The van der Waals surface area contributed by atoms with Crippen molar-refractivity contribution in [1.29, 1.82) is 0 Å². The lowest BCUT2D eigenvalue weighted by Gasteiger charge is -2.15. The molecule has 0 amide bonds. The number of β-amino-alcohol motifs (C(OH)–C–C–N with tert-alkyl or cyclic N) is 1. The van der Waals surface area contributed by atoms with E-state index in [0.717, 1.165) is 17.9 Å². The number of nitrogens with two attached hydrogens (primary N) is 1. The van der Waals surface area contributed by atoms with Crippen LogP contribution in [0, 0.1) is 5.92 Å². The van der Waals surface area contributed by atoms with Crippen molar-refractivity contribution in [2.24, 2.45) is 11.7 Å². The Bertz CT molecular complexity index is 822. The number of aromatic amines is 2. The fourth-order valence-corrected chi connectivity index (χ4v) is 4.39. The zero-order chi connectivity index (χ0) is 18.7. The largest absolute Gasteiger partial charge is 0.480 e. The molecule has 0 aliphatic carbocycles. The highest BCUT2D eigenvalue weighted by atomic mass is 32.2. The Morgan fingerprint density at radius 1 is 1.46 bits per heavy atom. The van der Waals surface area contributed by atoms with Gasteiger partial charge in [0.1, 0.15) is 11.6 Å². The van der Waals surface area contributed by atoms with E-state index in [1.165, 1.54) is 6.33 Å². The van der Waals surface area contributed by atoms with E-state index < -0.39 is 18.1 Å². The standard InChI is InChI=1S/C16H23N5O4S/c17-11(16(24)25)1-2-26-7-10-5-21(6-12(10)22)4-9-3-18-14-13(9)19-8-20-15(14)23/h3,8,10-12,18,22H,1-2,4-7,17H2,(H,24,25)(H,19,20,23)/t10-,11+,12+/m1/s1. The molecule has 1 aliphatic rings. The number of nitrogens with zero attached hydrogens (tertiary/aromatic N) is 2. The lowest BCUT2D eigenvalue weighted by Crippen LogP contribution is -2.30. The van der Waals surface area contributed by atoms with Crippen LogP contribution in [0.2, 0.25) is 0 Å². The molecular weight excluding hydrogens is 358 g/mol. The summed E-state index contributed by atoms with van der Waals surface area (Å²) in [5, 5.41) is 19.1. The number of fused-ring (bicyclic) bond motifs is 1. The van der Waals surface area contributed by atoms with E-state index in [9.17, 15) is 14.7 Å². The number of aliphatic hydroxyl groups is 1. The molecule has 142 valence electrons. The van der Waals surface area contributed by atoms with Crippen LogP contribution in [0.1, 0.15) is 12.0 Å². The van der Waals surface area contributed by atoms with Gasteiger partial charge >= 0.3 is 5.97 Å². The summed E-state index contributed by atoms with van der Waals surface area (Å²) < 4.78 is 0. The van der Waals surface area contributed by atoms with E-state index >= 15 is 0 Å². The quantitative estimate of drug-likeness (QED) is 0.387. The van der Waals surface area contributed by atoms with Crippen LogP contribution in [-0.2, 0) is 11.3 Å². The second-order valence-electron chi connectivity index (χ2n) is 6.60. The number of carbonyl (C=O) groups is 1.